The number of amides is 1. The van der Waals surface area contributed by atoms with Crippen molar-refractivity contribution in [1.29, 1.82) is 0 Å². The predicted molar refractivity (Wildman–Crippen MR) is 82.0 cm³/mol. The molecule has 1 aliphatic rings. The summed E-state index contributed by atoms with van der Waals surface area (Å²) in [5.41, 5.74) is 2.29. The molecule has 0 bridgehead atoms. The van der Waals surface area contributed by atoms with Crippen LogP contribution in [0, 0.1) is 0 Å². The molecule has 2 heterocycles. The summed E-state index contributed by atoms with van der Waals surface area (Å²) in [6.07, 6.45) is 3.31. The molecule has 1 aromatic carbocycles. The Morgan fingerprint density at radius 1 is 1.25 bits per heavy atom. The minimum Gasteiger partial charge on any atom is -0.334 e. The average Bonchev–Trinajstić information content (AvgIpc) is 2.49. The van der Waals surface area contributed by atoms with E-state index in [1.165, 1.54) is 0 Å². The maximum Gasteiger partial charge on any atom is 0.254 e. The number of fused-ring (bicyclic) bond motifs is 1. The van der Waals surface area contributed by atoms with Crippen LogP contribution in [0.1, 0.15) is 24.2 Å². The first kappa shape index (κ1) is 13.4. The van der Waals surface area contributed by atoms with Gasteiger partial charge in [0.15, 0.2) is 0 Å². The molecule has 1 aliphatic heterocycles. The van der Waals surface area contributed by atoms with E-state index >= 15 is 0 Å². The molecule has 1 saturated heterocycles. The SMILES string of the molecule is CC1SCCN(C(=O)c2ccc3nccnc3c2)C1C. The third-order valence-electron chi connectivity index (χ3n) is 3.86. The van der Waals surface area contributed by atoms with Crippen molar-refractivity contribution in [2.75, 3.05) is 12.3 Å². The van der Waals surface area contributed by atoms with Gasteiger partial charge in [0, 0.05) is 41.5 Å². The van der Waals surface area contributed by atoms with Gasteiger partial charge in [0.1, 0.15) is 0 Å². The Labute approximate surface area is 122 Å². The van der Waals surface area contributed by atoms with E-state index in [-0.39, 0.29) is 11.9 Å². The molecule has 5 heteroatoms. The van der Waals surface area contributed by atoms with E-state index in [4.69, 9.17) is 0 Å². The summed E-state index contributed by atoms with van der Waals surface area (Å²) in [5, 5.41) is 0.480. The number of thioether (sulfide) groups is 1. The number of nitrogens with zero attached hydrogens (tertiary/aromatic N) is 3. The molecule has 2 aromatic rings. The van der Waals surface area contributed by atoms with Crippen LogP contribution in [0.5, 0.6) is 0 Å². The summed E-state index contributed by atoms with van der Waals surface area (Å²) < 4.78 is 0. The van der Waals surface area contributed by atoms with Crippen molar-refractivity contribution in [2.45, 2.75) is 25.1 Å². The van der Waals surface area contributed by atoms with Crippen molar-refractivity contribution in [3.63, 3.8) is 0 Å². The van der Waals surface area contributed by atoms with E-state index in [9.17, 15) is 4.79 Å². The van der Waals surface area contributed by atoms with Gasteiger partial charge in [-0.15, -0.1) is 0 Å². The Balaban J connectivity index is 1.91. The Kier molecular flexibility index (Phi) is 3.61. The van der Waals surface area contributed by atoms with E-state index in [1.54, 1.807) is 12.4 Å². The molecule has 1 fully saturated rings. The zero-order valence-corrected chi connectivity index (χ0v) is 12.4. The molecule has 0 aliphatic carbocycles. The maximum atomic E-state index is 12.7. The number of hydrogen-bond donors (Lipinski definition) is 0. The zero-order chi connectivity index (χ0) is 14.1. The maximum absolute atomic E-state index is 12.7. The Morgan fingerprint density at radius 3 is 2.80 bits per heavy atom. The fourth-order valence-corrected chi connectivity index (χ4v) is 3.58. The molecule has 4 nitrogen and oxygen atoms in total. The summed E-state index contributed by atoms with van der Waals surface area (Å²) in [4.78, 5) is 23.1. The fourth-order valence-electron chi connectivity index (χ4n) is 2.48. The quantitative estimate of drug-likeness (QED) is 0.809. The molecular formula is C15H17N3OS. The van der Waals surface area contributed by atoms with Crippen molar-refractivity contribution < 1.29 is 4.79 Å². The van der Waals surface area contributed by atoms with Crippen molar-refractivity contribution in [3.05, 3.63) is 36.2 Å². The van der Waals surface area contributed by atoms with Crippen molar-refractivity contribution in [3.8, 4) is 0 Å². The predicted octanol–water partition coefficient (Wildman–Crippen LogP) is 2.60. The van der Waals surface area contributed by atoms with Crippen LogP contribution < -0.4 is 0 Å². The highest BCUT2D eigenvalue weighted by atomic mass is 32.2. The van der Waals surface area contributed by atoms with Gasteiger partial charge in [-0.05, 0) is 25.1 Å². The van der Waals surface area contributed by atoms with Gasteiger partial charge in [-0.3, -0.25) is 14.8 Å². The molecule has 1 amide bonds. The lowest BCUT2D eigenvalue weighted by atomic mass is 10.1. The van der Waals surface area contributed by atoms with Gasteiger partial charge in [-0.1, -0.05) is 6.92 Å². The normalized spacial score (nSPS) is 23.0. The average molecular weight is 287 g/mol. The minimum atomic E-state index is 0.0946. The summed E-state index contributed by atoms with van der Waals surface area (Å²) in [6, 6.07) is 5.81. The van der Waals surface area contributed by atoms with E-state index in [0.717, 1.165) is 23.3 Å². The van der Waals surface area contributed by atoms with Gasteiger partial charge >= 0.3 is 0 Å². The molecule has 0 radical (unpaired) electrons. The number of carbonyl (C=O) groups is 1. The Bertz CT molecular complexity index is 646. The smallest absolute Gasteiger partial charge is 0.254 e. The van der Waals surface area contributed by atoms with Crippen LogP contribution in [0.4, 0.5) is 0 Å². The van der Waals surface area contributed by atoms with Crippen LogP contribution in [0.25, 0.3) is 11.0 Å². The lowest BCUT2D eigenvalue weighted by Crippen LogP contribution is -2.47. The van der Waals surface area contributed by atoms with Gasteiger partial charge in [0.2, 0.25) is 0 Å². The highest BCUT2D eigenvalue weighted by Crippen LogP contribution is 2.26. The molecule has 1 aromatic heterocycles. The first-order valence-corrected chi connectivity index (χ1v) is 7.85. The lowest BCUT2D eigenvalue weighted by Gasteiger charge is -2.37. The van der Waals surface area contributed by atoms with Gasteiger partial charge in [-0.2, -0.15) is 11.8 Å². The fraction of sp³-hybridized carbons (Fsp3) is 0.400. The van der Waals surface area contributed by atoms with Crippen LogP contribution in [-0.2, 0) is 0 Å². The van der Waals surface area contributed by atoms with E-state index < -0.39 is 0 Å². The second-order valence-electron chi connectivity index (χ2n) is 5.07. The summed E-state index contributed by atoms with van der Waals surface area (Å²) >= 11 is 1.93. The third-order valence-corrected chi connectivity index (χ3v) is 5.20. The zero-order valence-electron chi connectivity index (χ0n) is 11.6. The molecule has 104 valence electrons. The second-order valence-corrected chi connectivity index (χ2v) is 6.56. The van der Waals surface area contributed by atoms with Crippen molar-refractivity contribution in [2.24, 2.45) is 0 Å². The number of hydrogen-bond acceptors (Lipinski definition) is 4. The lowest BCUT2D eigenvalue weighted by molar-refractivity contribution is 0.0698. The molecule has 2 atom stereocenters. The molecule has 2 unspecified atom stereocenters. The van der Waals surface area contributed by atoms with Gasteiger partial charge in [0.25, 0.3) is 5.91 Å². The van der Waals surface area contributed by atoms with Crippen LogP contribution in [0.2, 0.25) is 0 Å². The number of aromatic nitrogens is 2. The van der Waals surface area contributed by atoms with Crippen LogP contribution in [0.15, 0.2) is 30.6 Å². The van der Waals surface area contributed by atoms with Gasteiger partial charge < -0.3 is 4.90 Å². The second kappa shape index (κ2) is 5.40. The Morgan fingerprint density at radius 2 is 2.00 bits per heavy atom. The topological polar surface area (TPSA) is 46.1 Å². The van der Waals surface area contributed by atoms with E-state index in [0.29, 0.717) is 10.8 Å². The minimum absolute atomic E-state index is 0.0946. The highest BCUT2D eigenvalue weighted by Gasteiger charge is 2.29. The number of rotatable bonds is 1. The largest absolute Gasteiger partial charge is 0.334 e. The van der Waals surface area contributed by atoms with Gasteiger partial charge in [-0.25, -0.2) is 0 Å². The van der Waals surface area contributed by atoms with Gasteiger partial charge in [0.05, 0.1) is 11.0 Å². The number of benzene rings is 1. The van der Waals surface area contributed by atoms with Crippen LogP contribution in [0.3, 0.4) is 0 Å². The molecule has 20 heavy (non-hydrogen) atoms. The molecule has 0 spiro atoms. The summed E-state index contributed by atoms with van der Waals surface area (Å²) in [6.45, 7) is 5.11. The van der Waals surface area contributed by atoms with Crippen molar-refractivity contribution in [1.82, 2.24) is 14.9 Å². The van der Waals surface area contributed by atoms with Crippen molar-refractivity contribution >= 4 is 28.7 Å². The Hall–Kier alpha value is -1.62. The van der Waals surface area contributed by atoms with Crippen LogP contribution >= 0.6 is 11.8 Å². The first-order chi connectivity index (χ1) is 9.66. The number of carbonyl (C=O) groups excluding carboxylic acids is 1. The monoisotopic (exact) mass is 287 g/mol. The molecule has 3 rings (SSSR count). The third kappa shape index (κ3) is 2.38. The molecule has 0 N–H and O–H groups in total. The van der Waals surface area contributed by atoms with Crippen LogP contribution in [-0.4, -0.2) is 44.4 Å². The van der Waals surface area contributed by atoms with E-state index in [2.05, 4.69) is 23.8 Å². The summed E-state index contributed by atoms with van der Waals surface area (Å²) in [7, 11) is 0. The molecular weight excluding hydrogens is 270 g/mol. The standard InChI is InChI=1S/C15H17N3OS/c1-10-11(2)20-8-7-18(10)15(19)12-3-4-13-14(9-12)17-6-5-16-13/h3-6,9-11H,7-8H2,1-2H3. The first-order valence-electron chi connectivity index (χ1n) is 6.80. The highest BCUT2D eigenvalue weighted by molar-refractivity contribution is 8.00. The van der Waals surface area contributed by atoms with E-state index in [1.807, 2.05) is 34.9 Å². The molecule has 0 saturated carbocycles. The summed E-state index contributed by atoms with van der Waals surface area (Å²) in [5.74, 6) is 1.10.